The summed E-state index contributed by atoms with van der Waals surface area (Å²) in [5.74, 6) is 0.640. The third-order valence-corrected chi connectivity index (χ3v) is 4.79. The van der Waals surface area contributed by atoms with Crippen LogP contribution < -0.4 is 5.32 Å². The number of hydrogen-bond acceptors (Lipinski definition) is 7. The number of aromatic amines is 1. The summed E-state index contributed by atoms with van der Waals surface area (Å²) in [5, 5.41) is 20.7. The van der Waals surface area contributed by atoms with Gasteiger partial charge in [0.1, 0.15) is 11.2 Å². The van der Waals surface area contributed by atoms with Gasteiger partial charge in [-0.25, -0.2) is 13.4 Å². The number of nitrogens with one attached hydrogen (secondary N) is 2. The first-order chi connectivity index (χ1) is 12.3. The monoisotopic (exact) mass is 373 g/mol. The predicted octanol–water partition coefficient (Wildman–Crippen LogP) is 2.40. The standard InChI is InChI=1S/C16H15N5O4S/c1-26(24,25)15-8-13(5-6-14(15)21(22)23)17-9-11-3-2-4-12(7-11)16-18-10-19-20-16/h2-8,10,17H,9H2,1H3,(H,18,19,20). The lowest BCUT2D eigenvalue weighted by Gasteiger charge is -2.09. The third-order valence-electron chi connectivity index (χ3n) is 3.67. The van der Waals surface area contributed by atoms with Crippen LogP contribution in [-0.4, -0.2) is 34.8 Å². The molecule has 2 aromatic carbocycles. The number of aromatic nitrogens is 3. The molecule has 134 valence electrons. The van der Waals surface area contributed by atoms with E-state index in [0.29, 0.717) is 18.1 Å². The van der Waals surface area contributed by atoms with E-state index in [0.717, 1.165) is 17.4 Å². The van der Waals surface area contributed by atoms with E-state index in [1.807, 2.05) is 24.3 Å². The second kappa shape index (κ2) is 6.92. The maximum absolute atomic E-state index is 11.8. The number of nitrogens with zero attached hydrogens (tertiary/aromatic N) is 3. The van der Waals surface area contributed by atoms with Gasteiger partial charge in [-0.1, -0.05) is 18.2 Å². The van der Waals surface area contributed by atoms with Crippen LogP contribution in [-0.2, 0) is 16.4 Å². The van der Waals surface area contributed by atoms with E-state index in [1.54, 1.807) is 0 Å². The smallest absolute Gasteiger partial charge is 0.288 e. The highest BCUT2D eigenvalue weighted by Gasteiger charge is 2.22. The lowest BCUT2D eigenvalue weighted by atomic mass is 10.1. The molecular weight excluding hydrogens is 358 g/mol. The zero-order valence-corrected chi connectivity index (χ0v) is 14.5. The van der Waals surface area contributed by atoms with Crippen LogP contribution in [0.1, 0.15) is 5.56 Å². The highest BCUT2D eigenvalue weighted by atomic mass is 32.2. The van der Waals surface area contributed by atoms with Crippen molar-refractivity contribution < 1.29 is 13.3 Å². The Morgan fingerprint density at radius 3 is 2.69 bits per heavy atom. The predicted molar refractivity (Wildman–Crippen MR) is 95.4 cm³/mol. The summed E-state index contributed by atoms with van der Waals surface area (Å²) in [6.07, 6.45) is 2.36. The second-order valence-corrected chi connectivity index (χ2v) is 7.58. The first kappa shape index (κ1) is 17.5. The van der Waals surface area contributed by atoms with Gasteiger partial charge in [-0.2, -0.15) is 5.10 Å². The van der Waals surface area contributed by atoms with E-state index >= 15 is 0 Å². The molecular formula is C16H15N5O4S. The van der Waals surface area contributed by atoms with Crippen molar-refractivity contribution >= 4 is 21.2 Å². The lowest BCUT2D eigenvalue weighted by molar-refractivity contribution is -0.387. The van der Waals surface area contributed by atoms with Crippen LogP contribution in [0.3, 0.4) is 0 Å². The van der Waals surface area contributed by atoms with Crippen LogP contribution in [0.5, 0.6) is 0 Å². The van der Waals surface area contributed by atoms with Crippen molar-refractivity contribution in [1.29, 1.82) is 0 Å². The third kappa shape index (κ3) is 3.86. The zero-order chi connectivity index (χ0) is 18.7. The Labute approximate surface area is 149 Å². The molecule has 0 fully saturated rings. The van der Waals surface area contributed by atoms with Crippen molar-refractivity contribution in [2.24, 2.45) is 0 Å². The van der Waals surface area contributed by atoms with Gasteiger partial charge >= 0.3 is 0 Å². The fourth-order valence-electron chi connectivity index (χ4n) is 2.45. The molecule has 0 aliphatic carbocycles. The van der Waals surface area contributed by atoms with Gasteiger partial charge in [0.2, 0.25) is 0 Å². The first-order valence-electron chi connectivity index (χ1n) is 7.51. The number of benzene rings is 2. The topological polar surface area (TPSA) is 131 Å². The summed E-state index contributed by atoms with van der Waals surface area (Å²) < 4.78 is 23.6. The Morgan fingerprint density at radius 2 is 2.04 bits per heavy atom. The van der Waals surface area contributed by atoms with Crippen molar-refractivity contribution in [2.75, 3.05) is 11.6 Å². The van der Waals surface area contributed by atoms with Gasteiger partial charge < -0.3 is 5.32 Å². The Hall–Kier alpha value is -3.27. The molecule has 0 radical (unpaired) electrons. The summed E-state index contributed by atoms with van der Waals surface area (Å²) in [6, 6.07) is 11.5. The molecule has 0 aliphatic rings. The zero-order valence-electron chi connectivity index (χ0n) is 13.7. The molecule has 0 amide bonds. The average Bonchev–Trinajstić information content (AvgIpc) is 3.14. The van der Waals surface area contributed by atoms with Gasteiger partial charge in [-0.3, -0.25) is 15.2 Å². The van der Waals surface area contributed by atoms with Crippen LogP contribution in [0.25, 0.3) is 11.4 Å². The molecule has 0 saturated carbocycles. The summed E-state index contributed by atoms with van der Waals surface area (Å²) in [7, 11) is -3.72. The molecule has 10 heteroatoms. The highest BCUT2D eigenvalue weighted by Crippen LogP contribution is 2.27. The van der Waals surface area contributed by atoms with Crippen molar-refractivity contribution in [3.8, 4) is 11.4 Å². The van der Waals surface area contributed by atoms with Gasteiger partial charge in [-0.05, 0) is 23.8 Å². The molecule has 2 N–H and O–H groups in total. The van der Waals surface area contributed by atoms with Crippen LogP contribution in [0.2, 0.25) is 0 Å². The van der Waals surface area contributed by atoms with Crippen molar-refractivity contribution in [3.05, 3.63) is 64.5 Å². The van der Waals surface area contributed by atoms with Gasteiger partial charge in [-0.15, -0.1) is 0 Å². The molecule has 9 nitrogen and oxygen atoms in total. The fraction of sp³-hybridized carbons (Fsp3) is 0.125. The molecule has 0 spiro atoms. The Balaban J connectivity index is 1.82. The van der Waals surface area contributed by atoms with E-state index in [2.05, 4.69) is 20.5 Å². The SMILES string of the molecule is CS(=O)(=O)c1cc(NCc2cccc(-c3ncn[nH]3)c2)ccc1[N+](=O)[O-]. The number of anilines is 1. The first-order valence-corrected chi connectivity index (χ1v) is 9.41. The Morgan fingerprint density at radius 1 is 1.23 bits per heavy atom. The molecule has 1 heterocycles. The van der Waals surface area contributed by atoms with E-state index in [4.69, 9.17) is 0 Å². The molecule has 0 bridgehead atoms. The van der Waals surface area contributed by atoms with Gasteiger partial charge in [0.15, 0.2) is 15.7 Å². The average molecular weight is 373 g/mol. The van der Waals surface area contributed by atoms with Crippen molar-refractivity contribution in [3.63, 3.8) is 0 Å². The highest BCUT2D eigenvalue weighted by molar-refractivity contribution is 7.90. The molecule has 26 heavy (non-hydrogen) atoms. The Kier molecular flexibility index (Phi) is 4.67. The number of hydrogen-bond donors (Lipinski definition) is 2. The minimum absolute atomic E-state index is 0.317. The van der Waals surface area contributed by atoms with Gasteiger partial charge in [0.05, 0.1) is 4.92 Å². The van der Waals surface area contributed by atoms with E-state index in [-0.39, 0.29) is 4.90 Å². The van der Waals surface area contributed by atoms with E-state index < -0.39 is 20.4 Å². The number of sulfone groups is 1. The number of H-pyrrole nitrogens is 1. The van der Waals surface area contributed by atoms with Crippen molar-refractivity contribution in [1.82, 2.24) is 15.2 Å². The minimum Gasteiger partial charge on any atom is -0.381 e. The molecule has 1 aromatic heterocycles. The molecule has 0 aliphatic heterocycles. The quantitative estimate of drug-likeness (QED) is 0.501. The maximum atomic E-state index is 11.8. The summed E-state index contributed by atoms with van der Waals surface area (Å²) >= 11 is 0. The molecule has 3 rings (SSSR count). The van der Waals surface area contributed by atoms with Crippen LogP contribution in [0, 0.1) is 10.1 Å². The fourth-order valence-corrected chi connectivity index (χ4v) is 3.31. The van der Waals surface area contributed by atoms with Crippen LogP contribution in [0.15, 0.2) is 53.7 Å². The molecule has 0 atom stereocenters. The number of rotatable bonds is 6. The Bertz CT molecular complexity index is 1050. The van der Waals surface area contributed by atoms with Crippen molar-refractivity contribution in [2.45, 2.75) is 11.4 Å². The molecule has 0 unspecified atom stereocenters. The summed E-state index contributed by atoms with van der Waals surface area (Å²) in [5.41, 5.74) is 1.83. The molecule has 3 aromatic rings. The maximum Gasteiger partial charge on any atom is 0.288 e. The van der Waals surface area contributed by atoms with E-state index in [1.165, 1.54) is 24.5 Å². The minimum atomic E-state index is -3.72. The largest absolute Gasteiger partial charge is 0.381 e. The lowest BCUT2D eigenvalue weighted by Crippen LogP contribution is -2.05. The van der Waals surface area contributed by atoms with Crippen LogP contribution in [0.4, 0.5) is 11.4 Å². The number of nitro benzene ring substituents is 1. The summed E-state index contributed by atoms with van der Waals surface area (Å²) in [4.78, 5) is 14.1. The molecule has 0 saturated heterocycles. The second-order valence-electron chi connectivity index (χ2n) is 5.60. The number of nitro groups is 1. The van der Waals surface area contributed by atoms with E-state index in [9.17, 15) is 18.5 Å². The normalized spacial score (nSPS) is 11.3. The van der Waals surface area contributed by atoms with Gasteiger partial charge in [0.25, 0.3) is 5.69 Å². The van der Waals surface area contributed by atoms with Crippen LogP contribution >= 0.6 is 0 Å². The van der Waals surface area contributed by atoms with Gasteiger partial charge in [0, 0.05) is 30.1 Å². The summed E-state index contributed by atoms with van der Waals surface area (Å²) in [6.45, 7) is 0.406.